The molecular weight excluding hydrogens is 398 g/mol. The minimum absolute atomic E-state index is 0.0837. The van der Waals surface area contributed by atoms with Crippen LogP contribution in [-0.2, 0) is 11.2 Å². The first-order valence-corrected chi connectivity index (χ1v) is 9.03. The zero-order chi connectivity index (χ0) is 21.3. The molecule has 0 radical (unpaired) electrons. The molecule has 1 aliphatic heterocycles. The van der Waals surface area contributed by atoms with Gasteiger partial charge in [0.15, 0.2) is 5.76 Å². The summed E-state index contributed by atoms with van der Waals surface area (Å²) in [6.45, 7) is -1.66. The maximum absolute atomic E-state index is 12.7. The molecule has 0 fully saturated rings. The molecule has 2 heterocycles. The van der Waals surface area contributed by atoms with Crippen LogP contribution >= 0.6 is 0 Å². The number of nitrogens with one attached hydrogen (secondary N) is 1. The van der Waals surface area contributed by atoms with Gasteiger partial charge >= 0.3 is 12.6 Å². The highest BCUT2D eigenvalue weighted by Crippen LogP contribution is 2.32. The van der Waals surface area contributed by atoms with Crippen LogP contribution in [0.3, 0.4) is 0 Å². The molecule has 1 N–H and O–H groups in total. The lowest BCUT2D eigenvalue weighted by atomic mass is 9.93. The van der Waals surface area contributed by atoms with Crippen LogP contribution in [0.2, 0.25) is 0 Å². The van der Waals surface area contributed by atoms with Gasteiger partial charge in [0.25, 0.3) is 11.8 Å². The van der Waals surface area contributed by atoms with Crippen LogP contribution in [0.4, 0.5) is 14.5 Å². The summed E-state index contributed by atoms with van der Waals surface area (Å²) >= 11 is 0. The third-order valence-electron chi connectivity index (χ3n) is 4.68. The van der Waals surface area contributed by atoms with Gasteiger partial charge in [-0.05, 0) is 41.4 Å². The maximum Gasteiger partial charge on any atom is 0.388 e. The van der Waals surface area contributed by atoms with Crippen LogP contribution < -0.4 is 10.1 Å². The van der Waals surface area contributed by atoms with E-state index in [1.807, 2.05) is 30.3 Å². The van der Waals surface area contributed by atoms with Gasteiger partial charge in [-0.1, -0.05) is 30.3 Å². The fourth-order valence-corrected chi connectivity index (χ4v) is 3.23. The number of nitrogens with zero attached hydrogens (tertiary/aromatic N) is 1. The molecule has 7 nitrogen and oxygen atoms in total. The first-order chi connectivity index (χ1) is 14.4. The molecule has 0 saturated heterocycles. The van der Waals surface area contributed by atoms with E-state index in [0.29, 0.717) is 17.5 Å². The average Bonchev–Trinajstić information content (AvgIpc) is 3.07. The summed E-state index contributed by atoms with van der Waals surface area (Å²) in [5.41, 5.74) is 2.03. The van der Waals surface area contributed by atoms with Gasteiger partial charge in [0.1, 0.15) is 11.8 Å². The van der Waals surface area contributed by atoms with Gasteiger partial charge in [0.05, 0.1) is 5.56 Å². The van der Waals surface area contributed by atoms with Crippen molar-refractivity contribution in [2.45, 2.75) is 26.1 Å². The maximum atomic E-state index is 12.7. The van der Waals surface area contributed by atoms with E-state index in [2.05, 4.69) is 15.2 Å². The first-order valence-electron chi connectivity index (χ1n) is 9.03. The number of alkyl halides is 2. The van der Waals surface area contributed by atoms with Crippen molar-refractivity contribution in [2.24, 2.45) is 0 Å². The van der Waals surface area contributed by atoms with E-state index in [1.165, 1.54) is 19.1 Å². The van der Waals surface area contributed by atoms with Crippen molar-refractivity contribution in [1.29, 1.82) is 0 Å². The van der Waals surface area contributed by atoms with Gasteiger partial charge in [-0.25, -0.2) is 4.79 Å². The third-order valence-corrected chi connectivity index (χ3v) is 4.68. The molecule has 0 bridgehead atoms. The Morgan fingerprint density at radius 1 is 1.23 bits per heavy atom. The molecule has 1 amide bonds. The summed E-state index contributed by atoms with van der Waals surface area (Å²) in [5.74, 6) is -1.45. The molecular formula is C21H16F2N2O5. The number of anilines is 1. The zero-order valence-corrected chi connectivity index (χ0v) is 15.7. The number of cyclic esters (lactones) is 1. The number of halogens is 2. The predicted molar refractivity (Wildman–Crippen MR) is 101 cm³/mol. The number of hydrogen-bond donors (Lipinski definition) is 1. The van der Waals surface area contributed by atoms with E-state index in [4.69, 9.17) is 9.26 Å². The second-order valence-corrected chi connectivity index (χ2v) is 6.63. The standard InChI is InChI=1S/C21H16F2N2O5/c1-11-17(19(25-30-11)29-21(22)23)24-18(26)13-7-8-15-14(9-13)10-16(28-20(15)27)12-5-3-2-4-6-12/h2-9,16,21H,10H2,1H3,(H,24,26)/t16-/m0/s1. The second kappa shape index (κ2) is 7.94. The van der Waals surface area contributed by atoms with Crippen LogP contribution in [0.25, 0.3) is 0 Å². The first kappa shape index (κ1) is 19.6. The number of hydrogen-bond acceptors (Lipinski definition) is 6. The number of fused-ring (bicyclic) bond motifs is 1. The monoisotopic (exact) mass is 414 g/mol. The van der Waals surface area contributed by atoms with Crippen LogP contribution in [0, 0.1) is 6.92 Å². The topological polar surface area (TPSA) is 90.7 Å². The minimum atomic E-state index is -3.12. The molecule has 1 aromatic heterocycles. The van der Waals surface area contributed by atoms with Gasteiger partial charge < -0.3 is 19.3 Å². The third kappa shape index (κ3) is 3.86. The van der Waals surface area contributed by atoms with Crippen molar-refractivity contribution in [3.05, 3.63) is 76.5 Å². The molecule has 2 aromatic carbocycles. The number of aromatic nitrogens is 1. The Kier molecular flexibility index (Phi) is 5.18. The van der Waals surface area contributed by atoms with Gasteiger partial charge in [0, 0.05) is 12.0 Å². The smallest absolute Gasteiger partial charge is 0.388 e. The minimum Gasteiger partial charge on any atom is -0.454 e. The number of rotatable bonds is 5. The van der Waals surface area contributed by atoms with Crippen molar-refractivity contribution >= 4 is 17.6 Å². The van der Waals surface area contributed by atoms with Crippen LogP contribution in [-0.4, -0.2) is 23.6 Å². The normalized spacial score (nSPS) is 15.5. The number of carbonyl (C=O) groups is 2. The zero-order valence-electron chi connectivity index (χ0n) is 15.7. The van der Waals surface area contributed by atoms with Gasteiger partial charge in [-0.15, -0.1) is 0 Å². The summed E-state index contributed by atoms with van der Waals surface area (Å²) in [4.78, 5) is 25.0. The Morgan fingerprint density at radius 2 is 2.00 bits per heavy atom. The van der Waals surface area contributed by atoms with Crippen molar-refractivity contribution in [3.63, 3.8) is 0 Å². The van der Waals surface area contributed by atoms with E-state index in [9.17, 15) is 18.4 Å². The average molecular weight is 414 g/mol. The van der Waals surface area contributed by atoms with Crippen molar-refractivity contribution < 1.29 is 32.4 Å². The number of benzene rings is 2. The molecule has 0 aliphatic carbocycles. The molecule has 0 spiro atoms. The van der Waals surface area contributed by atoms with E-state index < -0.39 is 30.5 Å². The number of aryl methyl sites for hydroxylation is 1. The van der Waals surface area contributed by atoms with Gasteiger partial charge in [-0.2, -0.15) is 8.78 Å². The molecule has 9 heteroatoms. The highest BCUT2D eigenvalue weighted by Gasteiger charge is 2.28. The van der Waals surface area contributed by atoms with E-state index >= 15 is 0 Å². The molecule has 154 valence electrons. The molecule has 4 rings (SSSR count). The Labute approximate surface area is 169 Å². The number of esters is 1. The van der Waals surface area contributed by atoms with Crippen LogP contribution in [0.5, 0.6) is 5.88 Å². The molecule has 3 aromatic rings. The summed E-state index contributed by atoms with van der Waals surface area (Å²) < 4.78 is 39.6. The number of carbonyl (C=O) groups excluding carboxylic acids is 2. The lowest BCUT2D eigenvalue weighted by molar-refractivity contribution is -0.0541. The fraction of sp³-hybridized carbons (Fsp3) is 0.190. The highest BCUT2D eigenvalue weighted by molar-refractivity contribution is 6.06. The Hall–Kier alpha value is -3.75. The number of ether oxygens (including phenoxy) is 2. The van der Waals surface area contributed by atoms with Gasteiger partial charge in [-0.3, -0.25) is 4.79 Å². The highest BCUT2D eigenvalue weighted by atomic mass is 19.3. The molecule has 30 heavy (non-hydrogen) atoms. The fourth-order valence-electron chi connectivity index (χ4n) is 3.23. The lowest BCUT2D eigenvalue weighted by Crippen LogP contribution is -2.23. The lowest BCUT2D eigenvalue weighted by Gasteiger charge is -2.25. The van der Waals surface area contributed by atoms with Crippen molar-refractivity contribution in [1.82, 2.24) is 5.16 Å². The van der Waals surface area contributed by atoms with E-state index in [1.54, 1.807) is 6.07 Å². The summed E-state index contributed by atoms with van der Waals surface area (Å²) in [6.07, 6.45) is -0.0611. The van der Waals surface area contributed by atoms with Crippen molar-refractivity contribution in [3.8, 4) is 5.88 Å². The summed E-state index contributed by atoms with van der Waals surface area (Å²) in [7, 11) is 0. The van der Waals surface area contributed by atoms with E-state index in [-0.39, 0.29) is 17.0 Å². The van der Waals surface area contributed by atoms with Crippen LogP contribution in [0.1, 0.15) is 43.7 Å². The number of amides is 1. The summed E-state index contributed by atoms with van der Waals surface area (Å²) in [6, 6.07) is 13.8. The molecule has 1 atom stereocenters. The molecule has 0 unspecified atom stereocenters. The Bertz CT molecular complexity index is 1100. The predicted octanol–water partition coefficient (Wildman–Crippen LogP) is 4.29. The quantitative estimate of drug-likeness (QED) is 0.627. The molecule has 0 saturated carbocycles. The second-order valence-electron chi connectivity index (χ2n) is 6.63. The Balaban J connectivity index is 1.58. The van der Waals surface area contributed by atoms with Crippen molar-refractivity contribution in [2.75, 3.05) is 5.32 Å². The SMILES string of the molecule is Cc1onc(OC(F)F)c1NC(=O)c1ccc2c(c1)C[C@@H](c1ccccc1)OC2=O. The molecule has 1 aliphatic rings. The van der Waals surface area contributed by atoms with E-state index in [0.717, 1.165) is 5.56 Å². The van der Waals surface area contributed by atoms with Gasteiger partial charge in [0.2, 0.25) is 0 Å². The summed E-state index contributed by atoms with van der Waals surface area (Å²) in [5, 5.41) is 5.84. The Morgan fingerprint density at radius 3 is 2.73 bits per heavy atom. The van der Waals surface area contributed by atoms with Crippen LogP contribution in [0.15, 0.2) is 53.1 Å². The largest absolute Gasteiger partial charge is 0.454 e.